The molecule has 1 aliphatic heterocycles. The van der Waals surface area contributed by atoms with Crippen LogP contribution in [-0.4, -0.2) is 52.6 Å². The molecule has 0 unspecified atom stereocenters. The first kappa shape index (κ1) is 22.9. The van der Waals surface area contributed by atoms with Crippen LogP contribution < -0.4 is 15.7 Å². The Morgan fingerprint density at radius 2 is 1.85 bits per heavy atom. The van der Waals surface area contributed by atoms with E-state index in [1.165, 1.54) is 24.3 Å². The van der Waals surface area contributed by atoms with Gasteiger partial charge in [0.05, 0.1) is 4.90 Å². The number of piperazine rings is 1. The van der Waals surface area contributed by atoms with Crippen molar-refractivity contribution in [2.24, 2.45) is 0 Å². The molecule has 0 saturated carbocycles. The van der Waals surface area contributed by atoms with Crippen molar-refractivity contribution in [3.8, 4) is 0 Å². The van der Waals surface area contributed by atoms with Crippen LogP contribution in [0.5, 0.6) is 0 Å². The van der Waals surface area contributed by atoms with E-state index >= 15 is 0 Å². The standard InChI is InChI=1S/C16H21N3O4S.2ClH/c20-16-5-2-13-12-14(3-4-15(13)23-16)24(21,22)18-6-1-9-19-10-7-17-8-11-19;;/h2-5,12,17-18H,1,6-11H2;2*1H. The average Bonchev–Trinajstić information content (AvgIpc) is 2.59. The first-order valence-corrected chi connectivity index (χ1v) is 9.50. The molecule has 7 nitrogen and oxygen atoms in total. The first-order chi connectivity index (χ1) is 11.5. The van der Waals surface area contributed by atoms with Gasteiger partial charge in [0, 0.05) is 44.2 Å². The van der Waals surface area contributed by atoms with E-state index in [4.69, 9.17) is 4.42 Å². The molecule has 26 heavy (non-hydrogen) atoms. The van der Waals surface area contributed by atoms with Crippen molar-refractivity contribution in [2.45, 2.75) is 11.3 Å². The first-order valence-electron chi connectivity index (χ1n) is 8.01. The fraction of sp³-hybridized carbons (Fsp3) is 0.438. The predicted molar refractivity (Wildman–Crippen MR) is 106 cm³/mol. The molecule has 1 aromatic carbocycles. The van der Waals surface area contributed by atoms with Gasteiger partial charge in [0.15, 0.2) is 0 Å². The molecule has 1 aromatic heterocycles. The average molecular weight is 424 g/mol. The summed E-state index contributed by atoms with van der Waals surface area (Å²) >= 11 is 0. The van der Waals surface area contributed by atoms with Crippen molar-refractivity contribution in [1.29, 1.82) is 0 Å². The lowest BCUT2D eigenvalue weighted by atomic mass is 10.2. The van der Waals surface area contributed by atoms with E-state index in [9.17, 15) is 13.2 Å². The minimum absolute atomic E-state index is 0. The van der Waals surface area contributed by atoms with Crippen molar-refractivity contribution in [2.75, 3.05) is 39.3 Å². The summed E-state index contributed by atoms with van der Waals surface area (Å²) in [5.41, 5.74) is -0.0793. The SMILES string of the molecule is Cl.Cl.O=c1ccc2cc(S(=O)(=O)NCCCN3CCNCC3)ccc2o1. The second-order valence-corrected chi connectivity index (χ2v) is 7.56. The van der Waals surface area contributed by atoms with Crippen molar-refractivity contribution in [1.82, 2.24) is 14.9 Å². The van der Waals surface area contributed by atoms with Crippen LogP contribution in [0.25, 0.3) is 11.0 Å². The maximum Gasteiger partial charge on any atom is 0.336 e. The van der Waals surface area contributed by atoms with Crippen LogP contribution in [-0.2, 0) is 10.0 Å². The summed E-state index contributed by atoms with van der Waals surface area (Å²) in [4.78, 5) is 13.7. The minimum atomic E-state index is -3.57. The largest absolute Gasteiger partial charge is 0.423 e. The van der Waals surface area contributed by atoms with Crippen molar-refractivity contribution in [3.05, 3.63) is 40.8 Å². The summed E-state index contributed by atoms with van der Waals surface area (Å²) in [6.07, 6.45) is 0.766. The van der Waals surface area contributed by atoms with E-state index < -0.39 is 15.6 Å². The molecule has 1 aliphatic rings. The molecule has 10 heteroatoms. The molecule has 1 fully saturated rings. The third kappa shape index (κ3) is 5.94. The summed E-state index contributed by atoms with van der Waals surface area (Å²) in [6, 6.07) is 7.30. The number of rotatable bonds is 6. The van der Waals surface area contributed by atoms with Crippen molar-refractivity contribution >= 4 is 45.8 Å². The maximum atomic E-state index is 12.4. The summed E-state index contributed by atoms with van der Waals surface area (Å²) in [5.74, 6) is 0. The molecule has 0 radical (unpaired) electrons. The predicted octanol–water partition coefficient (Wildman–Crippen LogP) is 1.21. The minimum Gasteiger partial charge on any atom is -0.423 e. The van der Waals surface area contributed by atoms with Crippen molar-refractivity contribution in [3.63, 3.8) is 0 Å². The molecule has 0 atom stereocenters. The maximum absolute atomic E-state index is 12.4. The molecule has 0 aliphatic carbocycles. The molecule has 3 rings (SSSR count). The molecule has 0 spiro atoms. The van der Waals surface area contributed by atoms with Gasteiger partial charge in [-0.2, -0.15) is 0 Å². The molecule has 2 heterocycles. The fourth-order valence-corrected chi connectivity index (χ4v) is 3.85. The highest BCUT2D eigenvalue weighted by Gasteiger charge is 2.15. The van der Waals surface area contributed by atoms with Crippen LogP contribution in [0.15, 0.2) is 44.4 Å². The molecule has 0 amide bonds. The smallest absolute Gasteiger partial charge is 0.336 e. The van der Waals surface area contributed by atoms with E-state index in [1.807, 2.05) is 0 Å². The van der Waals surface area contributed by atoms with E-state index in [2.05, 4.69) is 14.9 Å². The Bertz CT molecular complexity index is 867. The molecular formula is C16H23Cl2N3O4S. The van der Waals surface area contributed by atoms with Gasteiger partial charge in [-0.1, -0.05) is 0 Å². The third-order valence-electron chi connectivity index (χ3n) is 4.05. The van der Waals surface area contributed by atoms with E-state index in [0.717, 1.165) is 39.1 Å². The summed E-state index contributed by atoms with van der Waals surface area (Å²) in [5, 5.41) is 3.87. The van der Waals surface area contributed by atoms with Gasteiger partial charge >= 0.3 is 5.63 Å². The van der Waals surface area contributed by atoms with Gasteiger partial charge in [-0.3, -0.25) is 0 Å². The van der Waals surface area contributed by atoms with Crippen LogP contribution in [0.1, 0.15) is 6.42 Å². The Labute approximate surface area is 165 Å². The zero-order valence-corrected chi connectivity index (χ0v) is 16.6. The number of benzene rings is 1. The molecule has 146 valence electrons. The summed E-state index contributed by atoms with van der Waals surface area (Å²) in [7, 11) is -3.57. The highest BCUT2D eigenvalue weighted by Crippen LogP contribution is 2.17. The Kier molecular flexibility index (Phi) is 9.02. The highest BCUT2D eigenvalue weighted by molar-refractivity contribution is 7.89. The molecular weight excluding hydrogens is 401 g/mol. The van der Waals surface area contributed by atoms with Crippen LogP contribution in [0.2, 0.25) is 0 Å². The Morgan fingerprint density at radius 1 is 1.12 bits per heavy atom. The molecule has 2 N–H and O–H groups in total. The van der Waals surface area contributed by atoms with Gasteiger partial charge in [-0.15, -0.1) is 24.8 Å². The monoisotopic (exact) mass is 423 g/mol. The van der Waals surface area contributed by atoms with Crippen LogP contribution in [0.3, 0.4) is 0 Å². The lowest BCUT2D eigenvalue weighted by molar-refractivity contribution is 0.239. The van der Waals surface area contributed by atoms with Crippen molar-refractivity contribution < 1.29 is 12.8 Å². The van der Waals surface area contributed by atoms with Gasteiger partial charge in [0.1, 0.15) is 5.58 Å². The Hall–Kier alpha value is -1.16. The van der Waals surface area contributed by atoms with E-state index in [-0.39, 0.29) is 29.7 Å². The second-order valence-electron chi connectivity index (χ2n) is 5.80. The molecule has 0 bridgehead atoms. The molecule has 2 aromatic rings. The van der Waals surface area contributed by atoms with Gasteiger partial charge in [0.25, 0.3) is 0 Å². The third-order valence-corrected chi connectivity index (χ3v) is 5.51. The van der Waals surface area contributed by atoms with E-state index in [0.29, 0.717) is 17.5 Å². The summed E-state index contributed by atoms with van der Waals surface area (Å²) in [6.45, 7) is 5.25. The number of hydrogen-bond acceptors (Lipinski definition) is 6. The number of nitrogens with one attached hydrogen (secondary N) is 2. The van der Waals surface area contributed by atoms with Gasteiger partial charge in [-0.25, -0.2) is 17.9 Å². The number of sulfonamides is 1. The zero-order chi connectivity index (χ0) is 17.0. The van der Waals surface area contributed by atoms with E-state index in [1.54, 1.807) is 6.07 Å². The lowest BCUT2D eigenvalue weighted by Crippen LogP contribution is -2.44. The fourth-order valence-electron chi connectivity index (χ4n) is 2.74. The highest BCUT2D eigenvalue weighted by atomic mass is 35.5. The lowest BCUT2D eigenvalue weighted by Gasteiger charge is -2.27. The number of nitrogens with zero attached hydrogens (tertiary/aromatic N) is 1. The normalized spacial score (nSPS) is 15.2. The number of fused-ring (bicyclic) bond motifs is 1. The molecule has 1 saturated heterocycles. The van der Waals surface area contributed by atoms with Gasteiger partial charge in [-0.05, 0) is 37.2 Å². The number of halogens is 2. The van der Waals surface area contributed by atoms with Gasteiger partial charge < -0.3 is 14.6 Å². The second kappa shape index (κ2) is 10.2. The zero-order valence-electron chi connectivity index (χ0n) is 14.1. The van der Waals surface area contributed by atoms with Crippen LogP contribution in [0, 0.1) is 0 Å². The summed E-state index contributed by atoms with van der Waals surface area (Å²) < 4.78 is 32.4. The quantitative estimate of drug-likeness (QED) is 0.535. The van der Waals surface area contributed by atoms with Gasteiger partial charge in [0.2, 0.25) is 10.0 Å². The Morgan fingerprint density at radius 3 is 2.58 bits per heavy atom. The van der Waals surface area contributed by atoms with Crippen LogP contribution in [0.4, 0.5) is 0 Å². The number of hydrogen-bond donors (Lipinski definition) is 2. The topological polar surface area (TPSA) is 91.7 Å². The Balaban J connectivity index is 0.00000169. The van der Waals surface area contributed by atoms with Crippen LogP contribution >= 0.6 is 24.8 Å².